The van der Waals surface area contributed by atoms with Crippen LogP contribution in [0.15, 0.2) is 98.8 Å². The van der Waals surface area contributed by atoms with Crippen LogP contribution in [0.25, 0.3) is 0 Å². The molecule has 0 saturated heterocycles. The minimum absolute atomic E-state index is 0. The number of hydrogen-bond donors (Lipinski definition) is 1. The van der Waals surface area contributed by atoms with Crippen molar-refractivity contribution >= 4 is 26.6 Å². The van der Waals surface area contributed by atoms with Crippen molar-refractivity contribution in [1.29, 1.82) is 0 Å². The summed E-state index contributed by atoms with van der Waals surface area (Å²) < 4.78 is 32.2. The summed E-state index contributed by atoms with van der Waals surface area (Å²) in [5.41, 5.74) is 5.39. The van der Waals surface area contributed by atoms with E-state index in [0.29, 0.717) is 11.2 Å². The first-order chi connectivity index (χ1) is 15.5. The van der Waals surface area contributed by atoms with Gasteiger partial charge in [0, 0.05) is 4.91 Å². The van der Waals surface area contributed by atoms with Gasteiger partial charge in [0.25, 0.3) is 10.1 Å². The molecule has 0 amide bonds. The molecule has 0 radical (unpaired) electrons. The summed E-state index contributed by atoms with van der Waals surface area (Å²) in [6, 6.07) is 10.9. The monoisotopic (exact) mass is 622 g/mol. The number of hydrogen-bond acceptors (Lipinski definition) is 2. The summed E-state index contributed by atoms with van der Waals surface area (Å²) in [6.45, 7) is 10.5. The van der Waals surface area contributed by atoms with E-state index in [2.05, 4.69) is 82.3 Å². The second-order valence-electron chi connectivity index (χ2n) is 8.30. The number of rotatable bonds is 2. The summed E-state index contributed by atoms with van der Waals surface area (Å²) in [5.74, 6) is 0. The van der Waals surface area contributed by atoms with Crippen molar-refractivity contribution in [3.05, 3.63) is 111 Å². The summed E-state index contributed by atoms with van der Waals surface area (Å²) in [4.78, 5) is -0.0266. The minimum Gasteiger partial charge on any atom is -1.00 e. The van der Waals surface area contributed by atoms with Crippen molar-refractivity contribution in [1.82, 2.24) is 0 Å². The third-order valence-corrected chi connectivity index (χ3v) is 8.70. The van der Waals surface area contributed by atoms with E-state index in [1.165, 1.54) is 31.0 Å². The second kappa shape index (κ2) is 13.6. The summed E-state index contributed by atoms with van der Waals surface area (Å²) in [5, 5.41) is 3.00. The van der Waals surface area contributed by atoms with Gasteiger partial charge in [-0.25, -0.2) is 0 Å². The molecule has 3 aliphatic carbocycles. The van der Waals surface area contributed by atoms with Crippen LogP contribution >= 0.6 is 7.92 Å². The molecule has 2 atom stereocenters. The molecule has 1 heterocycles. The van der Waals surface area contributed by atoms with Crippen LogP contribution in [-0.4, -0.2) is 21.8 Å². The molecule has 0 fully saturated rings. The van der Waals surface area contributed by atoms with Gasteiger partial charge in [0.2, 0.25) is 0 Å². The average Bonchev–Trinajstić information content (AvgIpc) is 3.44. The predicted octanol–water partition coefficient (Wildman–Crippen LogP) is -0.0897. The van der Waals surface area contributed by atoms with Crippen LogP contribution in [-0.2, 0) is 34.4 Å². The smallest absolute Gasteiger partial charge is 1.00 e. The third-order valence-electron chi connectivity index (χ3n) is 5.10. The molecule has 4 aliphatic rings. The fourth-order valence-corrected chi connectivity index (χ4v) is 7.36. The van der Waals surface area contributed by atoms with Crippen LogP contribution in [0.5, 0.6) is 0 Å². The molecule has 3 nitrogen and oxygen atoms in total. The van der Waals surface area contributed by atoms with E-state index in [4.69, 9.17) is 4.55 Å². The Morgan fingerprint density at radius 2 is 1.69 bits per heavy atom. The number of benzene rings is 1. The van der Waals surface area contributed by atoms with Gasteiger partial charge in [-0.2, -0.15) is 38.3 Å². The zero-order chi connectivity index (χ0) is 24.3. The Labute approximate surface area is 238 Å². The Bertz CT molecular complexity index is 1300. The summed E-state index contributed by atoms with van der Waals surface area (Å²) in [7, 11) is -4.28. The van der Waals surface area contributed by atoms with Crippen molar-refractivity contribution < 1.29 is 62.0 Å². The molecule has 184 valence electrons. The normalized spacial score (nSPS) is 20.9. The zero-order valence-electron chi connectivity index (χ0n) is 20.2. The van der Waals surface area contributed by atoms with Gasteiger partial charge in [-0.1, -0.05) is 65.1 Å². The molecule has 1 N–H and O–H groups in total. The Kier molecular flexibility index (Phi) is 12.4. The Balaban J connectivity index is 0.000000294. The molecule has 5 rings (SSSR count). The molecular formula is C27H27Cl2O3PSZr-2. The van der Waals surface area contributed by atoms with Gasteiger partial charge in [0.1, 0.15) is 0 Å². The first kappa shape index (κ1) is 32.1. The third kappa shape index (κ3) is 8.03. The topological polar surface area (TPSA) is 54.4 Å². The maximum Gasteiger partial charge on any atom is -1.00 e. The molecule has 1 aliphatic heterocycles. The minimum atomic E-state index is -4.10. The van der Waals surface area contributed by atoms with Crippen molar-refractivity contribution in [2.75, 3.05) is 0 Å². The SMILES string of the molecule is CC1=C2[C-]=CC=C2C(S(=O)(=O)O)=C1.CC1=[C-]C2=CC(C)P(c3ccccc3)C2=C1.C[C](C)=[Zr+2].[Cl-].[Cl-]. The molecule has 0 aromatic heterocycles. The Morgan fingerprint density at radius 1 is 1.09 bits per heavy atom. The molecule has 8 heteroatoms. The van der Waals surface area contributed by atoms with E-state index in [1.807, 2.05) is 0 Å². The molecule has 0 saturated carbocycles. The van der Waals surface area contributed by atoms with E-state index < -0.39 is 10.1 Å². The van der Waals surface area contributed by atoms with Gasteiger partial charge < -0.3 is 24.8 Å². The summed E-state index contributed by atoms with van der Waals surface area (Å²) >= 11 is 1.55. The van der Waals surface area contributed by atoms with Crippen LogP contribution in [0.3, 0.4) is 0 Å². The molecule has 1 aromatic rings. The van der Waals surface area contributed by atoms with Gasteiger partial charge in [-0.05, 0) is 11.0 Å². The Morgan fingerprint density at radius 3 is 2.26 bits per heavy atom. The van der Waals surface area contributed by atoms with E-state index in [9.17, 15) is 8.42 Å². The van der Waals surface area contributed by atoms with E-state index >= 15 is 0 Å². The largest absolute Gasteiger partial charge is 1.00 e. The first-order valence-corrected chi connectivity index (χ1v) is 14.7. The summed E-state index contributed by atoms with van der Waals surface area (Å²) in [6.07, 6.45) is 15.8. The van der Waals surface area contributed by atoms with Gasteiger partial charge in [0.15, 0.2) is 0 Å². The van der Waals surface area contributed by atoms with Gasteiger partial charge in [-0.3, -0.25) is 4.55 Å². The van der Waals surface area contributed by atoms with Crippen LogP contribution in [0.1, 0.15) is 34.6 Å². The predicted molar refractivity (Wildman–Crippen MR) is 136 cm³/mol. The van der Waals surface area contributed by atoms with E-state index in [1.54, 1.807) is 43.3 Å². The maximum atomic E-state index is 10.9. The van der Waals surface area contributed by atoms with Crippen molar-refractivity contribution in [3.8, 4) is 0 Å². The van der Waals surface area contributed by atoms with Crippen LogP contribution < -0.4 is 30.1 Å². The van der Waals surface area contributed by atoms with Crippen molar-refractivity contribution in [3.63, 3.8) is 0 Å². The van der Waals surface area contributed by atoms with Crippen LogP contribution in [0, 0.1) is 12.2 Å². The van der Waals surface area contributed by atoms with Gasteiger partial charge >= 0.3 is 41.3 Å². The Hall–Kier alpha value is -0.927. The molecule has 0 bridgehead atoms. The first-order valence-electron chi connectivity index (χ1n) is 10.6. The standard InChI is InChI=1S/C15H14P.C9H7O3S.C3H6.2ClH.Zr/c1-11-8-13-10-12(2)16(15(13)9-11)14-6-4-3-5-7-14;1-6-5-9(13(10,11)12)8-4-2-3-7(6)8;1-3-2;;;/h3-7,9-10,12H,1-2H3;2,4-5H,1H3,(H,10,11,12);1-2H3;2*1H;/q2*-1;;;;+2/p-2. The van der Waals surface area contributed by atoms with Gasteiger partial charge in [0.05, 0.1) is 0 Å². The number of halogens is 2. The molecule has 1 aromatic carbocycles. The number of allylic oxidation sites excluding steroid dienone is 13. The van der Waals surface area contributed by atoms with Crippen molar-refractivity contribution in [2.24, 2.45) is 0 Å². The molecular weight excluding hydrogens is 597 g/mol. The van der Waals surface area contributed by atoms with E-state index in [-0.39, 0.29) is 37.6 Å². The average molecular weight is 625 g/mol. The second-order valence-corrected chi connectivity index (χ2v) is 14.7. The fraction of sp³-hybridized carbons (Fsp3) is 0.222. The van der Waals surface area contributed by atoms with Crippen LogP contribution in [0.4, 0.5) is 0 Å². The van der Waals surface area contributed by atoms with E-state index in [0.717, 1.165) is 11.1 Å². The fourth-order valence-electron chi connectivity index (χ4n) is 3.88. The molecule has 0 spiro atoms. The maximum absolute atomic E-state index is 10.9. The van der Waals surface area contributed by atoms with Crippen molar-refractivity contribution in [2.45, 2.75) is 40.3 Å². The molecule has 2 unspecified atom stereocenters. The van der Waals surface area contributed by atoms with Crippen LogP contribution in [0.2, 0.25) is 0 Å². The van der Waals surface area contributed by atoms with Gasteiger partial charge in [-0.15, -0.1) is 39.8 Å². The molecule has 35 heavy (non-hydrogen) atoms. The number of fused-ring (bicyclic) bond motifs is 2. The zero-order valence-corrected chi connectivity index (χ0v) is 25.9. The quantitative estimate of drug-likeness (QED) is 0.285.